The van der Waals surface area contributed by atoms with Gasteiger partial charge in [-0.3, -0.25) is 4.99 Å². The standard InChI is InChI=1S/C16H28N4S.HI/c1-5-14-13(3)21-15(19-14)6-9-18-16(17-4)20-10-7-12(2)8-11-20;/h12H,5-11H2,1-4H3,(H,17,18);1H. The highest BCUT2D eigenvalue weighted by Gasteiger charge is 2.18. The number of hydrogen-bond donors (Lipinski definition) is 1. The molecule has 1 aliphatic heterocycles. The van der Waals surface area contributed by atoms with E-state index in [4.69, 9.17) is 4.98 Å². The second-order valence-electron chi connectivity index (χ2n) is 5.86. The van der Waals surface area contributed by atoms with Crippen molar-refractivity contribution in [1.82, 2.24) is 15.2 Å². The van der Waals surface area contributed by atoms with Gasteiger partial charge in [-0.1, -0.05) is 13.8 Å². The van der Waals surface area contributed by atoms with E-state index in [1.807, 2.05) is 18.4 Å². The molecule has 1 N–H and O–H groups in total. The second-order valence-corrected chi connectivity index (χ2v) is 7.15. The molecule has 1 fully saturated rings. The fraction of sp³-hybridized carbons (Fsp3) is 0.750. The Morgan fingerprint density at radius 2 is 2.09 bits per heavy atom. The molecule has 0 radical (unpaired) electrons. The molecule has 0 atom stereocenters. The summed E-state index contributed by atoms with van der Waals surface area (Å²) in [6, 6.07) is 0. The monoisotopic (exact) mass is 436 g/mol. The van der Waals surface area contributed by atoms with Gasteiger partial charge in [0.25, 0.3) is 0 Å². The van der Waals surface area contributed by atoms with Crippen molar-refractivity contribution < 1.29 is 0 Å². The summed E-state index contributed by atoms with van der Waals surface area (Å²) in [6.45, 7) is 9.83. The van der Waals surface area contributed by atoms with E-state index in [2.05, 4.69) is 36.0 Å². The number of thiazole rings is 1. The highest BCUT2D eigenvalue weighted by molar-refractivity contribution is 14.0. The number of halogens is 1. The predicted molar refractivity (Wildman–Crippen MR) is 107 cm³/mol. The van der Waals surface area contributed by atoms with Gasteiger partial charge in [0.05, 0.1) is 10.7 Å². The van der Waals surface area contributed by atoms with Gasteiger partial charge in [0.15, 0.2) is 5.96 Å². The topological polar surface area (TPSA) is 40.5 Å². The lowest BCUT2D eigenvalue weighted by molar-refractivity contribution is 0.273. The number of rotatable bonds is 4. The van der Waals surface area contributed by atoms with Gasteiger partial charge < -0.3 is 10.2 Å². The average Bonchev–Trinajstić information content (AvgIpc) is 2.85. The van der Waals surface area contributed by atoms with Gasteiger partial charge in [-0.05, 0) is 32.1 Å². The van der Waals surface area contributed by atoms with E-state index in [0.29, 0.717) is 0 Å². The van der Waals surface area contributed by atoms with Crippen molar-refractivity contribution in [3.8, 4) is 0 Å². The summed E-state index contributed by atoms with van der Waals surface area (Å²) < 4.78 is 0. The smallest absolute Gasteiger partial charge is 0.193 e. The van der Waals surface area contributed by atoms with Crippen molar-refractivity contribution >= 4 is 41.3 Å². The van der Waals surface area contributed by atoms with Crippen LogP contribution in [0, 0.1) is 12.8 Å². The third-order valence-electron chi connectivity index (χ3n) is 4.19. The van der Waals surface area contributed by atoms with Crippen LogP contribution in [0.5, 0.6) is 0 Å². The Morgan fingerprint density at radius 3 is 2.64 bits per heavy atom. The summed E-state index contributed by atoms with van der Waals surface area (Å²) in [6.07, 6.45) is 4.55. The van der Waals surface area contributed by atoms with Crippen molar-refractivity contribution in [2.45, 2.75) is 46.5 Å². The zero-order valence-corrected chi connectivity index (χ0v) is 17.3. The Balaban J connectivity index is 0.00000242. The summed E-state index contributed by atoms with van der Waals surface area (Å²) >= 11 is 1.83. The number of aromatic nitrogens is 1. The van der Waals surface area contributed by atoms with Crippen LogP contribution in [0.3, 0.4) is 0 Å². The van der Waals surface area contributed by atoms with Crippen LogP contribution < -0.4 is 5.32 Å². The number of guanidine groups is 1. The van der Waals surface area contributed by atoms with E-state index in [-0.39, 0.29) is 24.0 Å². The molecule has 2 heterocycles. The molecule has 4 nitrogen and oxygen atoms in total. The third-order valence-corrected chi connectivity index (χ3v) is 5.26. The predicted octanol–water partition coefficient (Wildman–Crippen LogP) is 3.48. The maximum atomic E-state index is 4.70. The summed E-state index contributed by atoms with van der Waals surface area (Å²) in [7, 11) is 1.88. The zero-order valence-electron chi connectivity index (χ0n) is 14.2. The minimum atomic E-state index is 0. The molecule has 1 aromatic heterocycles. The fourth-order valence-corrected chi connectivity index (χ4v) is 3.78. The molecule has 0 aliphatic carbocycles. The van der Waals surface area contributed by atoms with Gasteiger partial charge in [-0.15, -0.1) is 35.3 Å². The lowest BCUT2D eigenvalue weighted by atomic mass is 10.00. The number of aliphatic imine (C=N–C) groups is 1. The van der Waals surface area contributed by atoms with Crippen LogP contribution in [0.2, 0.25) is 0 Å². The van der Waals surface area contributed by atoms with Crippen LogP contribution in [0.15, 0.2) is 4.99 Å². The first kappa shape index (κ1) is 19.7. The molecular weight excluding hydrogens is 407 g/mol. The highest BCUT2D eigenvalue weighted by atomic mass is 127. The normalized spacial score (nSPS) is 16.5. The van der Waals surface area contributed by atoms with Crippen LogP contribution >= 0.6 is 35.3 Å². The van der Waals surface area contributed by atoms with E-state index in [9.17, 15) is 0 Å². The van der Waals surface area contributed by atoms with Gasteiger partial charge in [0.2, 0.25) is 0 Å². The number of likely N-dealkylation sites (tertiary alicyclic amines) is 1. The van der Waals surface area contributed by atoms with Crippen molar-refractivity contribution in [3.63, 3.8) is 0 Å². The first-order chi connectivity index (χ1) is 10.1. The molecule has 22 heavy (non-hydrogen) atoms. The molecule has 0 saturated carbocycles. The minimum absolute atomic E-state index is 0. The minimum Gasteiger partial charge on any atom is -0.356 e. The fourth-order valence-electron chi connectivity index (χ4n) is 2.76. The molecule has 0 unspecified atom stereocenters. The van der Waals surface area contributed by atoms with Crippen LogP contribution in [-0.2, 0) is 12.8 Å². The Morgan fingerprint density at radius 1 is 1.41 bits per heavy atom. The number of aryl methyl sites for hydroxylation is 2. The molecule has 0 bridgehead atoms. The highest BCUT2D eigenvalue weighted by Crippen LogP contribution is 2.18. The van der Waals surface area contributed by atoms with Crippen LogP contribution in [0.4, 0.5) is 0 Å². The second kappa shape index (κ2) is 9.70. The average molecular weight is 436 g/mol. The third kappa shape index (κ3) is 5.37. The van der Waals surface area contributed by atoms with E-state index in [0.717, 1.165) is 44.4 Å². The Hall–Kier alpha value is -0.370. The van der Waals surface area contributed by atoms with Crippen molar-refractivity contribution in [2.24, 2.45) is 10.9 Å². The lowest BCUT2D eigenvalue weighted by Gasteiger charge is -2.32. The lowest BCUT2D eigenvalue weighted by Crippen LogP contribution is -2.45. The number of piperidine rings is 1. The molecule has 2 rings (SSSR count). The van der Waals surface area contributed by atoms with Gasteiger partial charge in [0.1, 0.15) is 0 Å². The molecule has 126 valence electrons. The molecule has 1 aliphatic rings. The summed E-state index contributed by atoms with van der Waals surface area (Å²) in [4.78, 5) is 12.9. The molecule has 0 spiro atoms. The molecule has 0 aromatic carbocycles. The van der Waals surface area contributed by atoms with Crippen LogP contribution in [0.25, 0.3) is 0 Å². The Kier molecular flexibility index (Phi) is 8.67. The maximum Gasteiger partial charge on any atom is 0.193 e. The van der Waals surface area contributed by atoms with Gasteiger partial charge in [-0.25, -0.2) is 4.98 Å². The maximum absolute atomic E-state index is 4.70. The molecule has 1 aromatic rings. The van der Waals surface area contributed by atoms with Crippen LogP contribution in [0.1, 0.15) is 42.3 Å². The Bertz CT molecular complexity index is 478. The van der Waals surface area contributed by atoms with Crippen molar-refractivity contribution in [1.29, 1.82) is 0 Å². The van der Waals surface area contributed by atoms with Gasteiger partial charge in [0, 0.05) is 38.0 Å². The summed E-state index contributed by atoms with van der Waals surface area (Å²) in [5, 5.41) is 4.73. The Labute approximate surface area is 155 Å². The summed E-state index contributed by atoms with van der Waals surface area (Å²) in [5.41, 5.74) is 1.25. The molecule has 1 saturated heterocycles. The molecule has 6 heteroatoms. The van der Waals surface area contributed by atoms with E-state index in [1.54, 1.807) is 0 Å². The number of nitrogens with one attached hydrogen (secondary N) is 1. The van der Waals surface area contributed by atoms with E-state index >= 15 is 0 Å². The SMILES string of the molecule is CCc1nc(CCNC(=NC)N2CCC(C)CC2)sc1C.I. The summed E-state index contributed by atoms with van der Waals surface area (Å²) in [5.74, 6) is 1.90. The van der Waals surface area contributed by atoms with E-state index in [1.165, 1.54) is 28.4 Å². The van der Waals surface area contributed by atoms with Crippen molar-refractivity contribution in [2.75, 3.05) is 26.7 Å². The largest absolute Gasteiger partial charge is 0.356 e. The quantitative estimate of drug-likeness (QED) is 0.447. The number of nitrogens with zero attached hydrogens (tertiary/aromatic N) is 3. The molecular formula is C16H29IN4S. The van der Waals surface area contributed by atoms with E-state index < -0.39 is 0 Å². The number of hydrogen-bond acceptors (Lipinski definition) is 3. The first-order valence-electron chi connectivity index (χ1n) is 8.04. The van der Waals surface area contributed by atoms with Crippen LogP contribution in [-0.4, -0.2) is 42.5 Å². The first-order valence-corrected chi connectivity index (χ1v) is 8.86. The zero-order chi connectivity index (χ0) is 15.2. The van der Waals surface area contributed by atoms with Gasteiger partial charge in [-0.2, -0.15) is 0 Å². The van der Waals surface area contributed by atoms with Crippen molar-refractivity contribution in [3.05, 3.63) is 15.6 Å². The van der Waals surface area contributed by atoms with Gasteiger partial charge >= 0.3 is 0 Å². The molecule has 0 amide bonds.